The Bertz CT molecular complexity index is 815. The Hall–Kier alpha value is -2.88. The lowest BCUT2D eigenvalue weighted by Crippen LogP contribution is -2.13. The lowest BCUT2D eigenvalue weighted by molar-refractivity contribution is -0.116. The predicted molar refractivity (Wildman–Crippen MR) is 86.8 cm³/mol. The Morgan fingerprint density at radius 1 is 1.05 bits per heavy atom. The van der Waals surface area contributed by atoms with Crippen molar-refractivity contribution in [3.63, 3.8) is 0 Å². The quantitative estimate of drug-likeness (QED) is 0.773. The summed E-state index contributed by atoms with van der Waals surface area (Å²) in [5, 5.41) is 14.6. The number of carbonyl (C=O) groups is 1. The third-order valence-corrected chi connectivity index (χ3v) is 3.50. The van der Waals surface area contributed by atoms with Gasteiger partial charge in [0.25, 0.3) is 0 Å². The molecule has 2 aromatic carbocycles. The maximum atomic E-state index is 11.9. The lowest BCUT2D eigenvalue weighted by Gasteiger charge is -2.06. The van der Waals surface area contributed by atoms with Crippen LogP contribution in [0.15, 0.2) is 60.8 Å². The van der Waals surface area contributed by atoms with Gasteiger partial charge in [-0.3, -0.25) is 4.79 Å². The molecule has 0 aliphatic carbocycles. The largest absolute Gasteiger partial charge is 0.504 e. The molecule has 4 heteroatoms. The number of nitrogens with one attached hydrogen (secondary N) is 1. The summed E-state index contributed by atoms with van der Waals surface area (Å²) in [6.45, 7) is 0. The number of nitrogens with zero attached hydrogens (tertiary/aromatic N) is 1. The first kappa shape index (κ1) is 14.1. The van der Waals surface area contributed by atoms with Gasteiger partial charge in [-0.25, -0.2) is 4.98 Å². The van der Waals surface area contributed by atoms with Gasteiger partial charge in [0, 0.05) is 12.6 Å². The zero-order valence-corrected chi connectivity index (χ0v) is 12.0. The van der Waals surface area contributed by atoms with Crippen LogP contribution in [0.2, 0.25) is 0 Å². The summed E-state index contributed by atoms with van der Waals surface area (Å²) in [7, 11) is 0. The normalized spacial score (nSPS) is 10.5. The second-order valence-corrected chi connectivity index (χ2v) is 5.10. The van der Waals surface area contributed by atoms with Gasteiger partial charge in [0.1, 0.15) is 0 Å². The van der Waals surface area contributed by atoms with Crippen molar-refractivity contribution in [3.05, 3.63) is 66.4 Å². The summed E-state index contributed by atoms with van der Waals surface area (Å²) in [6.07, 6.45) is 2.51. The highest BCUT2D eigenvalue weighted by Gasteiger charge is 2.07. The number of hydrogen-bond acceptors (Lipinski definition) is 3. The van der Waals surface area contributed by atoms with Gasteiger partial charge in [-0.15, -0.1) is 0 Å². The summed E-state index contributed by atoms with van der Waals surface area (Å²) in [4.78, 5) is 15.9. The predicted octanol–water partition coefficient (Wildman–Crippen LogP) is 3.51. The molecule has 1 amide bonds. The van der Waals surface area contributed by atoms with E-state index >= 15 is 0 Å². The highest BCUT2D eigenvalue weighted by molar-refractivity contribution is 5.91. The minimum absolute atomic E-state index is 0.0263. The van der Waals surface area contributed by atoms with Crippen LogP contribution in [-0.4, -0.2) is 16.0 Å². The molecule has 0 saturated carbocycles. The molecular weight excluding hydrogens is 276 g/mol. The van der Waals surface area contributed by atoms with E-state index in [1.807, 2.05) is 18.2 Å². The Morgan fingerprint density at radius 2 is 1.86 bits per heavy atom. The van der Waals surface area contributed by atoms with Crippen molar-refractivity contribution in [3.8, 4) is 5.75 Å². The zero-order chi connectivity index (χ0) is 15.4. The zero-order valence-electron chi connectivity index (χ0n) is 12.0. The molecule has 0 spiro atoms. The number of benzene rings is 2. The lowest BCUT2D eigenvalue weighted by atomic mass is 10.0. The van der Waals surface area contributed by atoms with Gasteiger partial charge in [0.2, 0.25) is 5.91 Å². The topological polar surface area (TPSA) is 62.2 Å². The second-order valence-electron chi connectivity index (χ2n) is 5.10. The van der Waals surface area contributed by atoms with Crippen molar-refractivity contribution in [2.45, 2.75) is 12.8 Å². The number of hydrogen-bond donors (Lipinski definition) is 2. The van der Waals surface area contributed by atoms with Gasteiger partial charge in [-0.05, 0) is 34.9 Å². The number of anilines is 1. The van der Waals surface area contributed by atoms with Crippen molar-refractivity contribution in [1.82, 2.24) is 4.98 Å². The van der Waals surface area contributed by atoms with Crippen LogP contribution >= 0.6 is 0 Å². The van der Waals surface area contributed by atoms with Gasteiger partial charge in [-0.1, -0.05) is 42.5 Å². The van der Waals surface area contributed by atoms with Crippen molar-refractivity contribution in [2.24, 2.45) is 0 Å². The number of aryl methyl sites for hydroxylation is 1. The maximum Gasteiger partial charge on any atom is 0.225 e. The summed E-state index contributed by atoms with van der Waals surface area (Å²) < 4.78 is 0. The monoisotopic (exact) mass is 292 g/mol. The average molecular weight is 292 g/mol. The van der Waals surface area contributed by atoms with Crippen LogP contribution in [-0.2, 0) is 11.2 Å². The molecule has 0 saturated heterocycles. The molecule has 4 nitrogen and oxygen atoms in total. The minimum atomic E-state index is -0.165. The number of amides is 1. The van der Waals surface area contributed by atoms with Crippen LogP contribution in [0.25, 0.3) is 10.8 Å². The molecule has 0 radical (unpaired) electrons. The second kappa shape index (κ2) is 6.26. The van der Waals surface area contributed by atoms with E-state index < -0.39 is 0 Å². The number of fused-ring (bicyclic) bond motifs is 1. The number of aromatic hydroxyl groups is 1. The SMILES string of the molecule is O=C(CCc1ccc2ccccc2c1)Nc1ncccc1O. The van der Waals surface area contributed by atoms with Gasteiger partial charge in [0.15, 0.2) is 11.6 Å². The van der Waals surface area contributed by atoms with Crippen LogP contribution in [0.5, 0.6) is 5.75 Å². The van der Waals surface area contributed by atoms with Gasteiger partial charge in [-0.2, -0.15) is 0 Å². The van der Waals surface area contributed by atoms with Crippen LogP contribution in [0, 0.1) is 0 Å². The molecule has 0 bridgehead atoms. The fourth-order valence-electron chi connectivity index (χ4n) is 2.34. The van der Waals surface area contributed by atoms with Gasteiger partial charge in [0.05, 0.1) is 0 Å². The van der Waals surface area contributed by atoms with E-state index in [-0.39, 0.29) is 17.5 Å². The van der Waals surface area contributed by atoms with E-state index in [0.717, 1.165) is 5.56 Å². The molecular formula is C18H16N2O2. The van der Waals surface area contributed by atoms with E-state index in [2.05, 4.69) is 34.6 Å². The first-order valence-corrected chi connectivity index (χ1v) is 7.14. The molecule has 0 aliphatic rings. The smallest absolute Gasteiger partial charge is 0.225 e. The molecule has 0 atom stereocenters. The summed E-state index contributed by atoms with van der Waals surface area (Å²) in [5.41, 5.74) is 1.11. The van der Waals surface area contributed by atoms with E-state index in [4.69, 9.17) is 0 Å². The highest BCUT2D eigenvalue weighted by atomic mass is 16.3. The minimum Gasteiger partial charge on any atom is -0.504 e. The average Bonchev–Trinajstić information content (AvgIpc) is 2.55. The van der Waals surface area contributed by atoms with Crippen molar-refractivity contribution < 1.29 is 9.90 Å². The number of pyridine rings is 1. The Kier molecular flexibility index (Phi) is 4.01. The molecule has 110 valence electrons. The summed E-state index contributed by atoms with van der Waals surface area (Å²) in [6, 6.07) is 17.4. The van der Waals surface area contributed by atoms with E-state index in [0.29, 0.717) is 12.8 Å². The molecule has 1 aromatic heterocycles. The van der Waals surface area contributed by atoms with Gasteiger partial charge >= 0.3 is 0 Å². The fraction of sp³-hybridized carbons (Fsp3) is 0.111. The van der Waals surface area contributed by atoms with E-state index in [1.54, 1.807) is 6.07 Å². The molecule has 1 heterocycles. The van der Waals surface area contributed by atoms with Crippen LogP contribution in [0.1, 0.15) is 12.0 Å². The molecule has 3 rings (SSSR count). The van der Waals surface area contributed by atoms with E-state index in [9.17, 15) is 9.90 Å². The van der Waals surface area contributed by atoms with Crippen molar-refractivity contribution in [1.29, 1.82) is 0 Å². The molecule has 2 N–H and O–H groups in total. The molecule has 3 aromatic rings. The Labute approximate surface area is 128 Å². The first-order chi connectivity index (χ1) is 10.7. The van der Waals surface area contributed by atoms with E-state index in [1.165, 1.54) is 23.0 Å². The molecule has 0 aliphatic heterocycles. The maximum absolute atomic E-state index is 11.9. The van der Waals surface area contributed by atoms with Crippen LogP contribution in [0.4, 0.5) is 5.82 Å². The standard InChI is InChI=1S/C18H16N2O2/c21-16-6-3-11-19-18(16)20-17(22)10-8-13-7-9-14-4-1-2-5-15(14)12-13/h1-7,9,11-12,21H,8,10H2,(H,19,20,22). The summed E-state index contributed by atoms with van der Waals surface area (Å²) >= 11 is 0. The Morgan fingerprint density at radius 3 is 2.68 bits per heavy atom. The van der Waals surface area contributed by atoms with Crippen LogP contribution < -0.4 is 5.32 Å². The highest BCUT2D eigenvalue weighted by Crippen LogP contribution is 2.19. The fourth-order valence-corrected chi connectivity index (χ4v) is 2.34. The van der Waals surface area contributed by atoms with Crippen molar-refractivity contribution >= 4 is 22.5 Å². The number of carbonyl (C=O) groups excluding carboxylic acids is 1. The Balaban J connectivity index is 1.63. The number of aromatic nitrogens is 1. The summed E-state index contributed by atoms with van der Waals surface area (Å²) in [5.74, 6) is 0.00900. The van der Waals surface area contributed by atoms with Crippen LogP contribution in [0.3, 0.4) is 0 Å². The third kappa shape index (κ3) is 3.23. The van der Waals surface area contributed by atoms with Crippen molar-refractivity contribution in [2.75, 3.05) is 5.32 Å². The van der Waals surface area contributed by atoms with Gasteiger partial charge < -0.3 is 10.4 Å². The molecule has 0 unspecified atom stereocenters. The molecule has 0 fully saturated rings. The number of rotatable bonds is 4. The first-order valence-electron chi connectivity index (χ1n) is 7.14. The third-order valence-electron chi connectivity index (χ3n) is 3.50. The molecule has 22 heavy (non-hydrogen) atoms.